The van der Waals surface area contributed by atoms with Gasteiger partial charge in [-0.2, -0.15) is 0 Å². The fraction of sp³-hybridized carbons (Fsp3) is 0.0833. The number of anilines is 1. The maximum atomic E-state index is 6.09. The van der Waals surface area contributed by atoms with Crippen molar-refractivity contribution in [2.75, 3.05) is 12.6 Å². The zero-order valence-electron chi connectivity index (χ0n) is 9.12. The lowest BCUT2D eigenvalue weighted by Gasteiger charge is -2.05. The van der Waals surface area contributed by atoms with E-state index in [2.05, 4.69) is 15.4 Å². The number of halogens is 1. The predicted molar refractivity (Wildman–Crippen MR) is 69.2 cm³/mol. The molecule has 0 amide bonds. The molecule has 17 heavy (non-hydrogen) atoms. The highest BCUT2D eigenvalue weighted by atomic mass is 35.5. The van der Waals surface area contributed by atoms with Crippen LogP contribution in [0.3, 0.4) is 0 Å². The van der Waals surface area contributed by atoms with Crippen LogP contribution in [0.15, 0.2) is 30.6 Å². The second kappa shape index (κ2) is 3.91. The highest BCUT2D eigenvalue weighted by Crippen LogP contribution is 2.32. The molecule has 2 N–H and O–H groups in total. The third-order valence-electron chi connectivity index (χ3n) is 2.69. The quantitative estimate of drug-likeness (QED) is 0.683. The number of pyridine rings is 1. The number of H-pyrrole nitrogens is 1. The van der Waals surface area contributed by atoms with E-state index in [0.717, 1.165) is 27.5 Å². The van der Waals surface area contributed by atoms with Gasteiger partial charge < -0.3 is 4.98 Å². The van der Waals surface area contributed by atoms with Gasteiger partial charge in [0.15, 0.2) is 0 Å². The summed E-state index contributed by atoms with van der Waals surface area (Å²) in [6.07, 6.45) is 3.56. The highest BCUT2D eigenvalue weighted by molar-refractivity contribution is 6.32. The van der Waals surface area contributed by atoms with E-state index in [1.54, 1.807) is 19.5 Å². The molecule has 2 aromatic heterocycles. The Labute approximate surface area is 103 Å². The van der Waals surface area contributed by atoms with Crippen molar-refractivity contribution < 1.29 is 4.84 Å². The van der Waals surface area contributed by atoms with Gasteiger partial charge in [0.25, 0.3) is 0 Å². The van der Waals surface area contributed by atoms with Crippen molar-refractivity contribution in [2.45, 2.75) is 0 Å². The van der Waals surface area contributed by atoms with Crippen LogP contribution >= 0.6 is 11.6 Å². The number of aromatic amines is 1. The number of nitrogens with zero attached hydrogens (tertiary/aromatic N) is 1. The molecule has 1 aromatic carbocycles. The van der Waals surface area contributed by atoms with Crippen molar-refractivity contribution in [3.8, 4) is 0 Å². The van der Waals surface area contributed by atoms with Crippen molar-refractivity contribution >= 4 is 39.1 Å². The molecule has 0 radical (unpaired) electrons. The topological polar surface area (TPSA) is 49.9 Å². The van der Waals surface area contributed by atoms with E-state index >= 15 is 0 Å². The van der Waals surface area contributed by atoms with E-state index in [4.69, 9.17) is 16.4 Å². The normalized spacial score (nSPS) is 11.2. The molecule has 3 aromatic rings. The van der Waals surface area contributed by atoms with Crippen molar-refractivity contribution in [1.29, 1.82) is 0 Å². The van der Waals surface area contributed by atoms with Gasteiger partial charge >= 0.3 is 0 Å². The lowest BCUT2D eigenvalue weighted by Crippen LogP contribution is -1.96. The Morgan fingerprint density at radius 1 is 1.35 bits per heavy atom. The van der Waals surface area contributed by atoms with Crippen molar-refractivity contribution in [1.82, 2.24) is 9.97 Å². The monoisotopic (exact) mass is 247 g/mol. The largest absolute Gasteiger partial charge is 0.351 e. The van der Waals surface area contributed by atoms with Crippen molar-refractivity contribution in [3.05, 3.63) is 35.6 Å². The van der Waals surface area contributed by atoms with Gasteiger partial charge in [0, 0.05) is 22.0 Å². The lowest BCUT2D eigenvalue weighted by atomic mass is 10.2. The molecular weight excluding hydrogens is 238 g/mol. The number of benzene rings is 1. The number of aromatic nitrogens is 2. The van der Waals surface area contributed by atoms with Crippen molar-refractivity contribution in [3.63, 3.8) is 0 Å². The Bertz CT molecular complexity index is 693. The molecule has 0 fully saturated rings. The third kappa shape index (κ3) is 1.62. The average Bonchev–Trinajstić information content (AvgIpc) is 2.69. The van der Waals surface area contributed by atoms with Crippen LogP contribution in [0.25, 0.3) is 21.8 Å². The first kappa shape index (κ1) is 10.4. The molecule has 0 aliphatic carbocycles. The second-order valence-corrected chi connectivity index (χ2v) is 4.16. The smallest absolute Gasteiger partial charge is 0.0860 e. The Morgan fingerprint density at radius 3 is 3.06 bits per heavy atom. The maximum Gasteiger partial charge on any atom is 0.0860 e. The minimum Gasteiger partial charge on any atom is -0.351 e. The molecule has 0 aliphatic heterocycles. The third-order valence-corrected chi connectivity index (χ3v) is 2.90. The molecule has 0 unspecified atom stereocenters. The zero-order chi connectivity index (χ0) is 11.8. The van der Waals surface area contributed by atoms with Gasteiger partial charge in [-0.3, -0.25) is 15.3 Å². The summed E-state index contributed by atoms with van der Waals surface area (Å²) in [5, 5.41) is 2.81. The standard InChI is InChI=1S/C12H10ClN3O/c1-17-16-10-5-7(13)4-9-8-2-3-14-6-11(8)15-12(9)10/h2-6,15-16H,1H3. The van der Waals surface area contributed by atoms with Crippen LogP contribution in [-0.4, -0.2) is 17.1 Å². The van der Waals surface area contributed by atoms with Crippen LogP contribution in [0.2, 0.25) is 5.02 Å². The fourth-order valence-electron chi connectivity index (χ4n) is 2.01. The van der Waals surface area contributed by atoms with Gasteiger partial charge in [-0.25, -0.2) is 0 Å². The van der Waals surface area contributed by atoms with E-state index in [0.29, 0.717) is 5.02 Å². The molecule has 0 saturated carbocycles. The first-order chi connectivity index (χ1) is 8.29. The summed E-state index contributed by atoms with van der Waals surface area (Å²) >= 11 is 6.09. The molecule has 0 atom stereocenters. The first-order valence-electron chi connectivity index (χ1n) is 5.13. The summed E-state index contributed by atoms with van der Waals surface area (Å²) in [6, 6.07) is 5.70. The maximum absolute atomic E-state index is 6.09. The molecule has 0 saturated heterocycles. The second-order valence-electron chi connectivity index (χ2n) is 3.73. The van der Waals surface area contributed by atoms with E-state index in [9.17, 15) is 0 Å². The predicted octanol–water partition coefficient (Wildman–Crippen LogP) is 3.34. The Hall–Kier alpha value is -1.78. The molecule has 86 valence electrons. The van der Waals surface area contributed by atoms with Gasteiger partial charge in [0.2, 0.25) is 0 Å². The number of hydrogen-bond acceptors (Lipinski definition) is 3. The molecule has 2 heterocycles. The summed E-state index contributed by atoms with van der Waals surface area (Å²) < 4.78 is 0. The highest BCUT2D eigenvalue weighted by Gasteiger charge is 2.09. The molecular formula is C12H10ClN3O. The summed E-state index contributed by atoms with van der Waals surface area (Å²) in [5.74, 6) is 0. The number of fused-ring (bicyclic) bond motifs is 3. The number of nitrogens with one attached hydrogen (secondary N) is 2. The lowest BCUT2D eigenvalue weighted by molar-refractivity contribution is 0.271. The molecule has 3 rings (SSSR count). The van der Waals surface area contributed by atoms with Crippen LogP contribution in [0.4, 0.5) is 5.69 Å². The number of rotatable bonds is 2. The summed E-state index contributed by atoms with van der Waals surface area (Å²) in [7, 11) is 1.57. The Morgan fingerprint density at radius 2 is 2.24 bits per heavy atom. The van der Waals surface area contributed by atoms with E-state index in [-0.39, 0.29) is 0 Å². The number of hydrogen-bond donors (Lipinski definition) is 2. The molecule has 0 bridgehead atoms. The van der Waals surface area contributed by atoms with E-state index in [1.165, 1.54) is 0 Å². The first-order valence-corrected chi connectivity index (χ1v) is 5.51. The van der Waals surface area contributed by atoms with Crippen LogP contribution in [0.5, 0.6) is 0 Å². The van der Waals surface area contributed by atoms with Gasteiger partial charge in [0.05, 0.1) is 30.0 Å². The Kier molecular flexibility index (Phi) is 2.39. The minimum absolute atomic E-state index is 0.662. The van der Waals surface area contributed by atoms with Crippen LogP contribution in [-0.2, 0) is 4.84 Å². The van der Waals surface area contributed by atoms with Gasteiger partial charge in [-0.15, -0.1) is 0 Å². The van der Waals surface area contributed by atoms with Crippen LogP contribution in [0.1, 0.15) is 0 Å². The van der Waals surface area contributed by atoms with Gasteiger partial charge in [0.1, 0.15) is 0 Å². The SMILES string of the molecule is CONc1cc(Cl)cc2c1[nH]c1cnccc12. The van der Waals surface area contributed by atoms with Gasteiger partial charge in [-0.1, -0.05) is 11.6 Å². The molecule has 4 nitrogen and oxygen atoms in total. The summed E-state index contributed by atoms with van der Waals surface area (Å²) in [4.78, 5) is 12.3. The van der Waals surface area contributed by atoms with E-state index < -0.39 is 0 Å². The molecule has 5 heteroatoms. The fourth-order valence-corrected chi connectivity index (χ4v) is 2.23. The van der Waals surface area contributed by atoms with Gasteiger partial charge in [-0.05, 0) is 18.2 Å². The summed E-state index contributed by atoms with van der Waals surface area (Å²) in [6.45, 7) is 0. The Balaban J connectivity index is 2.42. The zero-order valence-corrected chi connectivity index (χ0v) is 9.88. The minimum atomic E-state index is 0.662. The molecule has 0 spiro atoms. The van der Waals surface area contributed by atoms with Crippen molar-refractivity contribution in [2.24, 2.45) is 0 Å². The summed E-state index contributed by atoms with van der Waals surface area (Å²) in [5.41, 5.74) is 5.56. The van der Waals surface area contributed by atoms with E-state index in [1.807, 2.05) is 18.2 Å². The van der Waals surface area contributed by atoms with Crippen LogP contribution in [0, 0.1) is 0 Å². The molecule has 0 aliphatic rings. The van der Waals surface area contributed by atoms with Crippen LogP contribution < -0.4 is 5.48 Å². The average molecular weight is 248 g/mol.